The topological polar surface area (TPSA) is 67.9 Å². The van der Waals surface area contributed by atoms with Gasteiger partial charge >= 0.3 is 6.18 Å². The third kappa shape index (κ3) is 5.90. The molecule has 2 amide bonds. The number of rotatable bonds is 7. The molecular weight excluding hydrogens is 413 g/mol. The number of carbonyl (C=O) groups excluding carboxylic acids is 2. The van der Waals surface area contributed by atoms with Crippen LogP contribution in [0, 0.1) is 0 Å². The van der Waals surface area contributed by atoms with Crippen molar-refractivity contribution in [1.82, 2.24) is 4.90 Å². The van der Waals surface area contributed by atoms with Gasteiger partial charge in [0.2, 0.25) is 5.91 Å². The van der Waals surface area contributed by atoms with Crippen LogP contribution in [0.4, 0.5) is 18.9 Å². The summed E-state index contributed by atoms with van der Waals surface area (Å²) in [6.07, 6.45) is -4.41. The summed E-state index contributed by atoms with van der Waals surface area (Å²) in [5.41, 5.74) is 0.323. The molecule has 0 aliphatic carbocycles. The van der Waals surface area contributed by atoms with E-state index in [0.29, 0.717) is 17.1 Å². The lowest BCUT2D eigenvalue weighted by Crippen LogP contribution is -2.24. The van der Waals surface area contributed by atoms with Crippen molar-refractivity contribution >= 4 is 17.5 Å². The van der Waals surface area contributed by atoms with Gasteiger partial charge in [0.05, 0.1) is 31.0 Å². The molecule has 0 aromatic heterocycles. The molecular formula is C22H25F3N2O4. The Labute approximate surface area is 178 Å². The maximum atomic E-state index is 12.7. The van der Waals surface area contributed by atoms with Gasteiger partial charge in [-0.2, -0.15) is 13.2 Å². The highest BCUT2D eigenvalue weighted by Gasteiger charge is 2.30. The van der Waals surface area contributed by atoms with Gasteiger partial charge in [0.15, 0.2) is 11.5 Å². The zero-order valence-electron chi connectivity index (χ0n) is 18.0. The molecule has 0 fully saturated rings. The van der Waals surface area contributed by atoms with Crippen molar-refractivity contribution in [2.45, 2.75) is 25.4 Å². The van der Waals surface area contributed by atoms with Crippen LogP contribution in [0.2, 0.25) is 0 Å². The molecule has 0 saturated heterocycles. The van der Waals surface area contributed by atoms with Crippen molar-refractivity contribution in [1.29, 1.82) is 0 Å². The van der Waals surface area contributed by atoms with Crippen molar-refractivity contribution in [3.63, 3.8) is 0 Å². The number of hydrogen-bond acceptors (Lipinski definition) is 4. The Hall–Kier alpha value is -3.23. The second kappa shape index (κ2) is 9.72. The molecule has 0 bridgehead atoms. The second-order valence-corrected chi connectivity index (χ2v) is 7.23. The molecule has 6 nitrogen and oxygen atoms in total. The van der Waals surface area contributed by atoms with Crippen molar-refractivity contribution in [2.75, 3.05) is 33.6 Å². The van der Waals surface area contributed by atoms with Crippen LogP contribution >= 0.6 is 0 Å². The molecule has 168 valence electrons. The normalized spacial score (nSPS) is 12.1. The summed E-state index contributed by atoms with van der Waals surface area (Å²) >= 11 is 0. The molecule has 0 aliphatic rings. The molecule has 2 aromatic carbocycles. The number of carbonyl (C=O) groups is 2. The third-order valence-corrected chi connectivity index (χ3v) is 4.73. The van der Waals surface area contributed by atoms with Crippen molar-refractivity contribution in [3.05, 3.63) is 53.1 Å². The van der Waals surface area contributed by atoms with Crippen LogP contribution in [0.5, 0.6) is 11.5 Å². The second-order valence-electron chi connectivity index (χ2n) is 7.23. The summed E-state index contributed by atoms with van der Waals surface area (Å²) < 4.78 is 48.7. The Bertz CT molecular complexity index is 941. The van der Waals surface area contributed by atoms with E-state index in [1.165, 1.54) is 43.4 Å². The van der Waals surface area contributed by atoms with Crippen LogP contribution in [0.1, 0.15) is 40.7 Å². The van der Waals surface area contributed by atoms with E-state index in [2.05, 4.69) is 5.32 Å². The number of benzene rings is 2. The number of nitrogens with one attached hydrogen (secondary N) is 1. The lowest BCUT2D eigenvalue weighted by molar-refractivity contribution is -0.137. The highest BCUT2D eigenvalue weighted by molar-refractivity contribution is 6.04. The average molecular weight is 438 g/mol. The van der Waals surface area contributed by atoms with E-state index in [-0.39, 0.29) is 29.5 Å². The predicted molar refractivity (Wildman–Crippen MR) is 111 cm³/mol. The van der Waals surface area contributed by atoms with Crippen molar-refractivity contribution < 1.29 is 32.2 Å². The average Bonchev–Trinajstić information content (AvgIpc) is 2.72. The summed E-state index contributed by atoms with van der Waals surface area (Å²) in [6, 6.07) is 7.68. The minimum absolute atomic E-state index is 0.00923. The zero-order valence-corrected chi connectivity index (χ0v) is 18.0. The Morgan fingerprint density at radius 2 is 1.58 bits per heavy atom. The molecule has 0 radical (unpaired) electrons. The highest BCUT2D eigenvalue weighted by atomic mass is 19.4. The van der Waals surface area contributed by atoms with Crippen LogP contribution in [0.15, 0.2) is 36.4 Å². The first-order valence-corrected chi connectivity index (χ1v) is 9.42. The number of alkyl halides is 3. The van der Waals surface area contributed by atoms with Gasteiger partial charge in [0, 0.05) is 26.6 Å². The van der Waals surface area contributed by atoms with Gasteiger partial charge in [0.1, 0.15) is 0 Å². The lowest BCUT2D eigenvalue weighted by atomic mass is 9.96. The molecule has 1 unspecified atom stereocenters. The molecule has 2 aromatic rings. The Morgan fingerprint density at radius 3 is 2.06 bits per heavy atom. The Kier molecular flexibility index (Phi) is 7.54. The SMILES string of the molecule is COc1cc(NC(=O)CC(C)c2ccc(C(F)(F)F)cc2)c(C(=O)N(C)C)cc1OC. The van der Waals surface area contributed by atoms with Gasteiger partial charge in [-0.15, -0.1) is 0 Å². The van der Waals surface area contributed by atoms with Crippen molar-refractivity contribution in [3.8, 4) is 11.5 Å². The molecule has 1 atom stereocenters. The molecule has 0 saturated carbocycles. The van der Waals surface area contributed by atoms with E-state index in [0.717, 1.165) is 12.1 Å². The Morgan fingerprint density at radius 1 is 1.03 bits per heavy atom. The minimum atomic E-state index is -4.41. The van der Waals surface area contributed by atoms with Gasteiger partial charge in [0.25, 0.3) is 5.91 Å². The summed E-state index contributed by atoms with van der Waals surface area (Å²) in [6.45, 7) is 1.74. The van der Waals surface area contributed by atoms with E-state index < -0.39 is 17.6 Å². The predicted octanol–water partition coefficient (Wildman–Crippen LogP) is 4.56. The maximum absolute atomic E-state index is 12.7. The zero-order chi connectivity index (χ0) is 23.3. The van der Waals surface area contributed by atoms with E-state index >= 15 is 0 Å². The summed E-state index contributed by atoms with van der Waals surface area (Å²) in [5, 5.41) is 2.71. The Balaban J connectivity index is 2.23. The number of anilines is 1. The minimum Gasteiger partial charge on any atom is -0.493 e. The van der Waals surface area contributed by atoms with E-state index in [1.807, 2.05) is 0 Å². The van der Waals surface area contributed by atoms with Gasteiger partial charge in [-0.1, -0.05) is 19.1 Å². The number of hydrogen-bond donors (Lipinski definition) is 1. The standard InChI is InChI=1S/C22H25F3N2O4/c1-13(14-6-8-15(9-7-14)22(23,24)25)10-20(28)26-17-12-19(31-5)18(30-4)11-16(17)21(29)27(2)3/h6-9,11-13H,10H2,1-5H3,(H,26,28). The van der Waals surface area contributed by atoms with Crippen LogP contribution in [-0.2, 0) is 11.0 Å². The first kappa shape index (κ1) is 24.0. The van der Waals surface area contributed by atoms with Crippen LogP contribution in [-0.4, -0.2) is 45.0 Å². The van der Waals surface area contributed by atoms with Gasteiger partial charge in [-0.3, -0.25) is 9.59 Å². The third-order valence-electron chi connectivity index (χ3n) is 4.73. The summed E-state index contributed by atoms with van der Waals surface area (Å²) in [5.74, 6) is -0.400. The number of methoxy groups -OCH3 is 2. The fourth-order valence-corrected chi connectivity index (χ4v) is 3.00. The molecule has 0 aliphatic heterocycles. The highest BCUT2D eigenvalue weighted by Crippen LogP contribution is 2.34. The number of amides is 2. The fourth-order valence-electron chi connectivity index (χ4n) is 3.00. The van der Waals surface area contributed by atoms with Gasteiger partial charge in [-0.05, 0) is 29.7 Å². The summed E-state index contributed by atoms with van der Waals surface area (Å²) in [4.78, 5) is 26.6. The smallest absolute Gasteiger partial charge is 0.416 e. The molecule has 9 heteroatoms. The van der Waals surface area contributed by atoms with Gasteiger partial charge < -0.3 is 19.7 Å². The first-order chi connectivity index (χ1) is 14.5. The largest absolute Gasteiger partial charge is 0.493 e. The monoisotopic (exact) mass is 438 g/mol. The fraction of sp³-hybridized carbons (Fsp3) is 0.364. The number of halogens is 3. The summed E-state index contributed by atoms with van der Waals surface area (Å²) in [7, 11) is 6.03. The van der Waals surface area contributed by atoms with Crippen LogP contribution in [0.25, 0.3) is 0 Å². The lowest BCUT2D eigenvalue weighted by Gasteiger charge is -2.19. The molecule has 31 heavy (non-hydrogen) atoms. The molecule has 0 heterocycles. The number of ether oxygens (including phenoxy) is 2. The van der Waals surface area contributed by atoms with Crippen LogP contribution in [0.3, 0.4) is 0 Å². The molecule has 1 N–H and O–H groups in total. The van der Waals surface area contributed by atoms with E-state index in [1.54, 1.807) is 21.0 Å². The quantitative estimate of drug-likeness (QED) is 0.688. The van der Waals surface area contributed by atoms with E-state index in [4.69, 9.17) is 9.47 Å². The molecule has 2 rings (SSSR count). The first-order valence-electron chi connectivity index (χ1n) is 9.42. The van der Waals surface area contributed by atoms with Crippen LogP contribution < -0.4 is 14.8 Å². The number of nitrogens with zero attached hydrogens (tertiary/aromatic N) is 1. The van der Waals surface area contributed by atoms with Crippen molar-refractivity contribution in [2.24, 2.45) is 0 Å². The van der Waals surface area contributed by atoms with Gasteiger partial charge in [-0.25, -0.2) is 0 Å². The van der Waals surface area contributed by atoms with E-state index in [9.17, 15) is 22.8 Å². The maximum Gasteiger partial charge on any atom is 0.416 e. The molecule has 0 spiro atoms.